The van der Waals surface area contributed by atoms with Crippen molar-refractivity contribution >= 4 is 5.69 Å². The van der Waals surface area contributed by atoms with Gasteiger partial charge in [-0.1, -0.05) is 6.07 Å². The van der Waals surface area contributed by atoms with E-state index in [4.69, 9.17) is 5.26 Å². The van der Waals surface area contributed by atoms with Gasteiger partial charge in [-0.15, -0.1) is 0 Å². The number of nitriles is 1. The molecule has 0 amide bonds. The average molecular weight is 207 g/mol. The summed E-state index contributed by atoms with van der Waals surface area (Å²) in [7, 11) is 3.69. The van der Waals surface area contributed by atoms with Crippen molar-refractivity contribution in [2.24, 2.45) is 0 Å². The fourth-order valence-electron chi connectivity index (χ4n) is 1.34. The van der Waals surface area contributed by atoms with Crippen LogP contribution < -0.4 is 10.2 Å². The van der Waals surface area contributed by atoms with Gasteiger partial charge in [0.05, 0.1) is 5.69 Å². The smallest absolute Gasteiger partial charge is 0.143 e. The molecule has 0 fully saturated rings. The summed E-state index contributed by atoms with van der Waals surface area (Å²) in [6.45, 7) is 1.52. The molecule has 1 aromatic rings. The highest BCUT2D eigenvalue weighted by Gasteiger charge is 2.10. The third-order valence-electron chi connectivity index (χ3n) is 2.21. The summed E-state index contributed by atoms with van der Waals surface area (Å²) >= 11 is 0. The highest BCUT2D eigenvalue weighted by atomic mass is 19.1. The first-order valence-corrected chi connectivity index (χ1v) is 4.75. The molecule has 0 heterocycles. The van der Waals surface area contributed by atoms with Crippen LogP contribution in [0.4, 0.5) is 10.1 Å². The van der Waals surface area contributed by atoms with Gasteiger partial charge in [-0.05, 0) is 19.2 Å². The molecule has 1 N–H and O–H groups in total. The highest BCUT2D eigenvalue weighted by molar-refractivity contribution is 5.59. The molecule has 4 heteroatoms. The third kappa shape index (κ3) is 2.67. The van der Waals surface area contributed by atoms with Crippen LogP contribution in [-0.2, 0) is 0 Å². The maximum Gasteiger partial charge on any atom is 0.143 e. The van der Waals surface area contributed by atoms with Crippen LogP contribution >= 0.6 is 0 Å². The number of likely N-dealkylation sites (N-methyl/N-ethyl adjacent to an activating group) is 2. The highest BCUT2D eigenvalue weighted by Crippen LogP contribution is 2.20. The molecule has 1 aromatic carbocycles. The van der Waals surface area contributed by atoms with Gasteiger partial charge in [0.2, 0.25) is 0 Å². The van der Waals surface area contributed by atoms with Crippen molar-refractivity contribution in [2.45, 2.75) is 0 Å². The maximum absolute atomic E-state index is 13.3. The molecule has 0 bridgehead atoms. The first kappa shape index (κ1) is 11.5. The van der Waals surface area contributed by atoms with E-state index in [1.807, 2.05) is 25.1 Å². The van der Waals surface area contributed by atoms with Gasteiger partial charge in [-0.3, -0.25) is 0 Å². The van der Waals surface area contributed by atoms with Crippen LogP contribution in [0.1, 0.15) is 5.56 Å². The molecule has 0 aromatic heterocycles. The molecule has 80 valence electrons. The standard InChI is InChI=1S/C11H14FN3/c1-14-6-7-15(2)11-5-3-4-10(12)9(11)8-13/h3-5,14H,6-7H2,1-2H3. The molecule has 0 saturated heterocycles. The predicted molar refractivity (Wildman–Crippen MR) is 58.3 cm³/mol. The van der Waals surface area contributed by atoms with Crippen LogP contribution in [0.2, 0.25) is 0 Å². The molecule has 0 aliphatic heterocycles. The van der Waals surface area contributed by atoms with Crippen LogP contribution in [0.3, 0.4) is 0 Å². The van der Waals surface area contributed by atoms with Crippen LogP contribution in [0.5, 0.6) is 0 Å². The molecule has 0 saturated carbocycles. The van der Waals surface area contributed by atoms with Crippen LogP contribution in [-0.4, -0.2) is 27.2 Å². The Bertz CT molecular complexity index is 371. The van der Waals surface area contributed by atoms with Gasteiger partial charge in [0.15, 0.2) is 0 Å². The van der Waals surface area contributed by atoms with Crippen LogP contribution in [0.15, 0.2) is 18.2 Å². The Hall–Kier alpha value is -1.60. The number of anilines is 1. The topological polar surface area (TPSA) is 39.1 Å². The van der Waals surface area contributed by atoms with E-state index in [-0.39, 0.29) is 5.56 Å². The molecule has 0 atom stereocenters. The summed E-state index contributed by atoms with van der Waals surface area (Å²) in [4.78, 5) is 1.86. The Morgan fingerprint density at radius 1 is 1.53 bits per heavy atom. The van der Waals surface area contributed by atoms with E-state index in [1.165, 1.54) is 6.07 Å². The second-order valence-electron chi connectivity index (χ2n) is 3.27. The Morgan fingerprint density at radius 3 is 2.87 bits per heavy atom. The van der Waals surface area contributed by atoms with Gasteiger partial charge in [0.1, 0.15) is 17.4 Å². The monoisotopic (exact) mass is 207 g/mol. The predicted octanol–water partition coefficient (Wildman–Crippen LogP) is 1.35. The van der Waals surface area contributed by atoms with Crippen molar-refractivity contribution in [1.29, 1.82) is 5.26 Å². The van der Waals surface area contributed by atoms with Gasteiger partial charge in [-0.25, -0.2) is 4.39 Å². The summed E-state index contributed by atoms with van der Waals surface area (Å²) in [5.74, 6) is -0.466. The SMILES string of the molecule is CNCCN(C)c1cccc(F)c1C#N. The van der Waals surface area contributed by atoms with E-state index in [2.05, 4.69) is 5.32 Å². The second kappa shape index (κ2) is 5.32. The molecular formula is C11H14FN3. The fraction of sp³-hybridized carbons (Fsp3) is 0.364. The molecule has 15 heavy (non-hydrogen) atoms. The zero-order valence-electron chi connectivity index (χ0n) is 8.92. The first-order valence-electron chi connectivity index (χ1n) is 4.75. The minimum Gasteiger partial charge on any atom is -0.372 e. The van der Waals surface area contributed by atoms with Crippen molar-refractivity contribution in [1.82, 2.24) is 5.32 Å². The van der Waals surface area contributed by atoms with E-state index < -0.39 is 5.82 Å². The Balaban J connectivity index is 2.93. The summed E-state index contributed by atoms with van der Waals surface area (Å²) in [5, 5.41) is 11.8. The van der Waals surface area contributed by atoms with Crippen LogP contribution in [0, 0.1) is 17.1 Å². The molecule has 1 rings (SSSR count). The lowest BCUT2D eigenvalue weighted by Gasteiger charge is -2.20. The maximum atomic E-state index is 13.3. The normalized spacial score (nSPS) is 9.73. The molecule has 0 aliphatic rings. The third-order valence-corrected chi connectivity index (χ3v) is 2.21. The van der Waals surface area contributed by atoms with Crippen molar-refractivity contribution in [2.75, 3.05) is 32.1 Å². The Morgan fingerprint density at radius 2 is 2.27 bits per heavy atom. The average Bonchev–Trinajstić information content (AvgIpc) is 2.25. The van der Waals surface area contributed by atoms with E-state index in [0.717, 1.165) is 13.1 Å². The number of nitrogens with one attached hydrogen (secondary N) is 1. The van der Waals surface area contributed by atoms with Crippen molar-refractivity contribution in [3.05, 3.63) is 29.6 Å². The first-order chi connectivity index (χ1) is 7.20. The van der Waals surface area contributed by atoms with Crippen molar-refractivity contribution < 1.29 is 4.39 Å². The number of hydrogen-bond donors (Lipinski definition) is 1. The lowest BCUT2D eigenvalue weighted by Crippen LogP contribution is -2.27. The lowest BCUT2D eigenvalue weighted by molar-refractivity contribution is 0.623. The number of nitrogens with zero attached hydrogens (tertiary/aromatic N) is 2. The number of halogens is 1. The van der Waals surface area contributed by atoms with Gasteiger partial charge >= 0.3 is 0 Å². The van der Waals surface area contributed by atoms with Crippen LogP contribution in [0.25, 0.3) is 0 Å². The zero-order chi connectivity index (χ0) is 11.3. The zero-order valence-corrected chi connectivity index (χ0v) is 8.92. The summed E-state index contributed by atoms with van der Waals surface area (Å²) in [5.41, 5.74) is 0.740. The van der Waals surface area contributed by atoms with Crippen molar-refractivity contribution in [3.63, 3.8) is 0 Å². The number of rotatable bonds is 4. The molecule has 3 nitrogen and oxygen atoms in total. The molecule has 0 aliphatic carbocycles. The summed E-state index contributed by atoms with van der Waals surface area (Å²) in [6, 6.07) is 6.54. The number of benzene rings is 1. The number of hydrogen-bond acceptors (Lipinski definition) is 3. The summed E-state index contributed by atoms with van der Waals surface area (Å²) < 4.78 is 13.3. The molecule has 0 radical (unpaired) electrons. The van der Waals surface area contributed by atoms with E-state index >= 15 is 0 Å². The lowest BCUT2D eigenvalue weighted by atomic mass is 10.1. The summed E-state index contributed by atoms with van der Waals surface area (Å²) in [6.07, 6.45) is 0. The minimum absolute atomic E-state index is 0.108. The van der Waals surface area contributed by atoms with Gasteiger partial charge in [0.25, 0.3) is 0 Å². The quantitative estimate of drug-likeness (QED) is 0.810. The Labute approximate surface area is 89.1 Å². The molecular weight excluding hydrogens is 193 g/mol. The second-order valence-corrected chi connectivity index (χ2v) is 3.27. The van der Waals surface area contributed by atoms with Crippen molar-refractivity contribution in [3.8, 4) is 6.07 Å². The molecule has 0 spiro atoms. The minimum atomic E-state index is -0.466. The van der Waals surface area contributed by atoms with Gasteiger partial charge < -0.3 is 10.2 Å². The Kier molecular flexibility index (Phi) is 4.07. The van der Waals surface area contributed by atoms with E-state index in [1.54, 1.807) is 12.1 Å². The van der Waals surface area contributed by atoms with Gasteiger partial charge in [-0.2, -0.15) is 5.26 Å². The fourth-order valence-corrected chi connectivity index (χ4v) is 1.34. The van der Waals surface area contributed by atoms with E-state index in [0.29, 0.717) is 5.69 Å². The van der Waals surface area contributed by atoms with Gasteiger partial charge in [0, 0.05) is 20.1 Å². The molecule has 0 unspecified atom stereocenters. The largest absolute Gasteiger partial charge is 0.372 e. The van der Waals surface area contributed by atoms with E-state index in [9.17, 15) is 4.39 Å².